The monoisotopic (exact) mass is 396 g/mol. The fourth-order valence-electron chi connectivity index (χ4n) is 2.50. The summed E-state index contributed by atoms with van der Waals surface area (Å²) in [5, 5.41) is 10.2. The van der Waals surface area contributed by atoms with E-state index in [0.29, 0.717) is 4.47 Å². The molecule has 8 heteroatoms. The molecule has 1 aliphatic rings. The third kappa shape index (κ3) is 4.10. The maximum Gasteiger partial charge on any atom is 0.241 e. The van der Waals surface area contributed by atoms with E-state index in [9.17, 15) is 13.5 Å². The lowest BCUT2D eigenvalue weighted by Gasteiger charge is -2.27. The highest BCUT2D eigenvalue weighted by Gasteiger charge is 2.26. The van der Waals surface area contributed by atoms with Gasteiger partial charge in [0.15, 0.2) is 0 Å². The number of anilines is 1. The molecule has 1 fully saturated rings. The highest BCUT2D eigenvalue weighted by atomic mass is 79.9. The quantitative estimate of drug-likeness (QED) is 0.681. The van der Waals surface area contributed by atoms with Gasteiger partial charge >= 0.3 is 0 Å². The topological polar surface area (TPSA) is 92.4 Å². The molecule has 0 saturated heterocycles. The van der Waals surface area contributed by atoms with Crippen molar-refractivity contribution in [2.75, 3.05) is 12.3 Å². The van der Waals surface area contributed by atoms with Crippen LogP contribution in [-0.2, 0) is 10.0 Å². The van der Waals surface area contributed by atoms with Crippen LogP contribution in [0.2, 0.25) is 5.02 Å². The molecule has 2 rings (SSSR count). The maximum absolute atomic E-state index is 12.4. The molecule has 0 aromatic heterocycles. The number of rotatable bonds is 4. The Hall–Kier alpha value is -0.340. The van der Waals surface area contributed by atoms with Crippen LogP contribution in [0.15, 0.2) is 21.5 Å². The van der Waals surface area contributed by atoms with Gasteiger partial charge in [0.05, 0.1) is 15.5 Å². The van der Waals surface area contributed by atoms with Gasteiger partial charge in [-0.3, -0.25) is 0 Å². The lowest BCUT2D eigenvalue weighted by atomic mass is 9.87. The van der Waals surface area contributed by atoms with E-state index in [0.717, 1.165) is 25.7 Å². The average molecular weight is 398 g/mol. The second-order valence-corrected chi connectivity index (χ2v) is 8.24. The third-order valence-corrected chi connectivity index (χ3v) is 6.54. The Morgan fingerprint density at radius 2 is 2.05 bits per heavy atom. The summed E-state index contributed by atoms with van der Waals surface area (Å²) in [5.74, 6) is -0.0520. The zero-order valence-corrected chi connectivity index (χ0v) is 14.5. The first-order valence-electron chi connectivity index (χ1n) is 6.73. The van der Waals surface area contributed by atoms with E-state index in [1.807, 2.05) is 0 Å². The summed E-state index contributed by atoms with van der Waals surface area (Å²) in [5.41, 5.74) is 5.98. The van der Waals surface area contributed by atoms with E-state index in [1.54, 1.807) is 0 Å². The first-order chi connectivity index (χ1) is 9.81. The van der Waals surface area contributed by atoms with Gasteiger partial charge in [0.25, 0.3) is 0 Å². The first-order valence-corrected chi connectivity index (χ1v) is 9.39. The van der Waals surface area contributed by atoms with Crippen LogP contribution in [0.3, 0.4) is 0 Å². The number of benzene rings is 1. The van der Waals surface area contributed by atoms with E-state index in [4.69, 9.17) is 17.3 Å². The second kappa shape index (κ2) is 6.83. The number of sulfonamides is 1. The van der Waals surface area contributed by atoms with Crippen molar-refractivity contribution in [2.45, 2.75) is 36.7 Å². The van der Waals surface area contributed by atoms with Gasteiger partial charge in [0, 0.05) is 17.3 Å². The molecule has 0 bridgehead atoms. The molecule has 0 amide bonds. The van der Waals surface area contributed by atoms with Crippen molar-refractivity contribution in [1.82, 2.24) is 4.72 Å². The van der Waals surface area contributed by atoms with Crippen molar-refractivity contribution in [1.29, 1.82) is 0 Å². The summed E-state index contributed by atoms with van der Waals surface area (Å²) in [4.78, 5) is 0.0119. The smallest absolute Gasteiger partial charge is 0.241 e. The number of nitrogen functional groups attached to an aromatic ring is 1. The Bertz CT molecular complexity index is 624. The van der Waals surface area contributed by atoms with Gasteiger partial charge in [-0.05, 0) is 46.8 Å². The Balaban J connectivity index is 2.15. The van der Waals surface area contributed by atoms with Gasteiger partial charge in [-0.15, -0.1) is 0 Å². The van der Waals surface area contributed by atoms with Gasteiger partial charge in [0.2, 0.25) is 10.0 Å². The minimum Gasteiger partial charge on any atom is -0.398 e. The molecule has 1 aliphatic carbocycles. The molecule has 2 atom stereocenters. The van der Waals surface area contributed by atoms with Gasteiger partial charge in [0.1, 0.15) is 0 Å². The summed E-state index contributed by atoms with van der Waals surface area (Å²) >= 11 is 9.04. The second-order valence-electron chi connectivity index (χ2n) is 5.27. The Morgan fingerprint density at radius 3 is 2.71 bits per heavy atom. The standard InChI is InChI=1S/C13H18BrClN2O3S/c14-13-10(16)5-9(15)6-12(13)21(19,20)17-7-8-3-1-2-4-11(8)18/h5-6,8,11,17-18H,1-4,7,16H2. The molecule has 5 nitrogen and oxygen atoms in total. The molecule has 1 aromatic rings. The van der Waals surface area contributed by atoms with Crippen LogP contribution in [0, 0.1) is 5.92 Å². The van der Waals surface area contributed by atoms with E-state index in [2.05, 4.69) is 20.7 Å². The molecule has 1 aromatic carbocycles. The predicted molar refractivity (Wildman–Crippen MR) is 86.7 cm³/mol. The molecule has 2 unspecified atom stereocenters. The Kier molecular flexibility index (Phi) is 5.54. The zero-order chi connectivity index (χ0) is 15.6. The van der Waals surface area contributed by atoms with Crippen molar-refractivity contribution in [3.8, 4) is 0 Å². The molecule has 0 aliphatic heterocycles. The number of nitrogens with two attached hydrogens (primary N) is 1. The lowest BCUT2D eigenvalue weighted by molar-refractivity contribution is 0.0724. The van der Waals surface area contributed by atoms with E-state index in [1.165, 1.54) is 12.1 Å². The summed E-state index contributed by atoms with van der Waals surface area (Å²) in [6.45, 7) is 0.211. The molecule has 4 N–H and O–H groups in total. The number of hydrogen-bond donors (Lipinski definition) is 3. The van der Waals surface area contributed by atoms with Crippen molar-refractivity contribution < 1.29 is 13.5 Å². The van der Waals surface area contributed by atoms with Crippen molar-refractivity contribution in [3.63, 3.8) is 0 Å². The van der Waals surface area contributed by atoms with Gasteiger partial charge in [-0.1, -0.05) is 24.4 Å². The summed E-state index contributed by atoms with van der Waals surface area (Å²) in [6, 6.07) is 2.83. The van der Waals surface area contributed by atoms with Crippen molar-refractivity contribution in [3.05, 3.63) is 21.6 Å². The number of halogens is 2. The molecule has 0 spiro atoms. The van der Waals surface area contributed by atoms with Crippen molar-refractivity contribution >= 4 is 43.2 Å². The third-order valence-electron chi connectivity index (χ3n) is 3.73. The molecule has 0 radical (unpaired) electrons. The SMILES string of the molecule is Nc1cc(Cl)cc(S(=O)(=O)NCC2CCCCC2O)c1Br. The summed E-state index contributed by atoms with van der Waals surface area (Å²) < 4.78 is 27.6. The number of hydrogen-bond acceptors (Lipinski definition) is 4. The summed E-state index contributed by atoms with van der Waals surface area (Å²) in [6.07, 6.45) is 3.09. The summed E-state index contributed by atoms with van der Waals surface area (Å²) in [7, 11) is -3.73. The molecule has 1 saturated carbocycles. The number of aliphatic hydroxyl groups is 1. The van der Waals surface area contributed by atoms with Crippen molar-refractivity contribution in [2.24, 2.45) is 5.92 Å². The van der Waals surface area contributed by atoms with Crippen LogP contribution in [0.1, 0.15) is 25.7 Å². The van der Waals surface area contributed by atoms with E-state index >= 15 is 0 Å². The predicted octanol–water partition coefficient (Wildman–Crippen LogP) is 2.51. The van der Waals surface area contributed by atoms with Crippen LogP contribution >= 0.6 is 27.5 Å². The van der Waals surface area contributed by atoms with Crippen LogP contribution in [0.5, 0.6) is 0 Å². The molecule has 0 heterocycles. The van der Waals surface area contributed by atoms with Crippen LogP contribution in [-0.4, -0.2) is 26.2 Å². The average Bonchev–Trinajstić information content (AvgIpc) is 2.42. The Morgan fingerprint density at radius 1 is 1.38 bits per heavy atom. The zero-order valence-electron chi connectivity index (χ0n) is 11.4. The number of nitrogens with one attached hydrogen (secondary N) is 1. The van der Waals surface area contributed by atoms with Gasteiger partial charge in [-0.25, -0.2) is 13.1 Å². The molecular formula is C13H18BrClN2O3S. The normalized spacial score (nSPS) is 23.2. The fraction of sp³-hybridized carbons (Fsp3) is 0.538. The van der Waals surface area contributed by atoms with Gasteiger partial charge in [-0.2, -0.15) is 0 Å². The first kappa shape index (κ1) is 17.0. The van der Waals surface area contributed by atoms with E-state index in [-0.39, 0.29) is 28.1 Å². The number of aliphatic hydroxyl groups excluding tert-OH is 1. The molecule has 21 heavy (non-hydrogen) atoms. The fourth-order valence-corrected chi connectivity index (χ4v) is 4.89. The largest absolute Gasteiger partial charge is 0.398 e. The lowest BCUT2D eigenvalue weighted by Crippen LogP contribution is -2.36. The Labute approximate surface area is 138 Å². The minimum atomic E-state index is -3.73. The van der Waals surface area contributed by atoms with Crippen LogP contribution in [0.4, 0.5) is 5.69 Å². The molecule has 118 valence electrons. The minimum absolute atomic E-state index is 0.0119. The highest BCUT2D eigenvalue weighted by Crippen LogP contribution is 2.32. The van der Waals surface area contributed by atoms with E-state index < -0.39 is 16.1 Å². The molecular weight excluding hydrogens is 380 g/mol. The van der Waals surface area contributed by atoms with Crippen LogP contribution in [0.25, 0.3) is 0 Å². The maximum atomic E-state index is 12.4. The highest BCUT2D eigenvalue weighted by molar-refractivity contribution is 9.10. The van der Waals surface area contributed by atoms with Crippen LogP contribution < -0.4 is 10.5 Å². The van der Waals surface area contributed by atoms with Gasteiger partial charge < -0.3 is 10.8 Å².